The number of esters is 1. The van der Waals surface area contributed by atoms with Crippen LogP contribution < -0.4 is 0 Å². The lowest BCUT2D eigenvalue weighted by Gasteiger charge is -2.38. The van der Waals surface area contributed by atoms with Crippen LogP contribution in [0.3, 0.4) is 0 Å². The van der Waals surface area contributed by atoms with Gasteiger partial charge in [0.05, 0.1) is 0 Å². The summed E-state index contributed by atoms with van der Waals surface area (Å²) in [5.41, 5.74) is 6.38. The maximum Gasteiger partial charge on any atom is 0.302 e. The lowest BCUT2D eigenvalue weighted by atomic mass is 9.69. The molecule has 0 bridgehead atoms. The van der Waals surface area contributed by atoms with E-state index in [1.165, 1.54) is 23.6 Å². The summed E-state index contributed by atoms with van der Waals surface area (Å²) >= 11 is 0. The van der Waals surface area contributed by atoms with Gasteiger partial charge in [-0.1, -0.05) is 115 Å². The molecule has 1 aliphatic rings. The minimum absolute atomic E-state index is 0.111. The summed E-state index contributed by atoms with van der Waals surface area (Å²) in [5.74, 6) is -0.120. The molecule has 0 aromatic rings. The van der Waals surface area contributed by atoms with Crippen LogP contribution in [0.4, 0.5) is 0 Å². The molecule has 0 aromatic carbocycles. The third-order valence-electron chi connectivity index (χ3n) is 6.40. The SMILES string of the molecule is C/C=C/C(C)=C/C=C\C(C)=C\C=C\C=C(C)\C=C\C=C(/C)C(=O)CC1=C(C)CC(OC(C)=O)CC1(C)C. The first-order chi connectivity index (χ1) is 17.4. The van der Waals surface area contributed by atoms with E-state index in [1.54, 1.807) is 0 Å². The predicted molar refractivity (Wildman–Crippen MR) is 158 cm³/mol. The molecule has 3 heteroatoms. The molecule has 0 spiro atoms. The van der Waals surface area contributed by atoms with E-state index in [0.717, 1.165) is 23.1 Å². The van der Waals surface area contributed by atoms with Gasteiger partial charge in [-0.25, -0.2) is 0 Å². The lowest BCUT2D eigenvalue weighted by molar-refractivity contribution is -0.147. The standard InChI is InChI=1S/C34H46O3/c1-10-15-25(2)18-13-19-26(3)16-11-12-17-27(4)20-14-21-28(5)33(36)23-32-29(6)22-31(37-30(7)35)24-34(32,8)9/h10-21,31H,22-24H2,1-9H3/b12-11+,15-10+,19-13-,20-14+,25-18+,26-16+,27-17+,28-21+. The molecule has 0 radical (unpaired) electrons. The van der Waals surface area contributed by atoms with Gasteiger partial charge < -0.3 is 4.74 Å². The van der Waals surface area contributed by atoms with Crippen molar-refractivity contribution < 1.29 is 14.3 Å². The van der Waals surface area contributed by atoms with Crippen LogP contribution in [0.25, 0.3) is 0 Å². The largest absolute Gasteiger partial charge is 0.462 e. The normalized spacial score (nSPS) is 20.2. The highest BCUT2D eigenvalue weighted by molar-refractivity contribution is 5.96. The monoisotopic (exact) mass is 502 g/mol. The van der Waals surface area contributed by atoms with Crippen LogP contribution in [0, 0.1) is 5.41 Å². The molecule has 1 unspecified atom stereocenters. The lowest BCUT2D eigenvalue weighted by Crippen LogP contribution is -2.32. The van der Waals surface area contributed by atoms with Gasteiger partial charge in [0.1, 0.15) is 6.10 Å². The molecule has 0 aliphatic heterocycles. The molecule has 1 atom stereocenters. The first-order valence-electron chi connectivity index (χ1n) is 13.1. The van der Waals surface area contributed by atoms with Crippen molar-refractivity contribution in [2.75, 3.05) is 0 Å². The van der Waals surface area contributed by atoms with E-state index in [9.17, 15) is 9.59 Å². The van der Waals surface area contributed by atoms with E-state index < -0.39 is 0 Å². The Morgan fingerprint density at radius 2 is 1.35 bits per heavy atom. The van der Waals surface area contributed by atoms with Gasteiger partial charge in [0, 0.05) is 19.8 Å². The summed E-state index contributed by atoms with van der Waals surface area (Å²) < 4.78 is 5.45. The highest BCUT2D eigenvalue weighted by Crippen LogP contribution is 2.43. The molecule has 0 amide bonds. The van der Waals surface area contributed by atoms with Crippen molar-refractivity contribution in [1.29, 1.82) is 0 Å². The van der Waals surface area contributed by atoms with Gasteiger partial charge in [-0.15, -0.1) is 0 Å². The van der Waals surface area contributed by atoms with Crippen LogP contribution in [0.2, 0.25) is 0 Å². The van der Waals surface area contributed by atoms with Gasteiger partial charge in [-0.3, -0.25) is 9.59 Å². The van der Waals surface area contributed by atoms with E-state index in [4.69, 9.17) is 4.74 Å². The molecule has 1 rings (SSSR count). The van der Waals surface area contributed by atoms with E-state index in [2.05, 4.69) is 65.0 Å². The van der Waals surface area contributed by atoms with Crippen LogP contribution in [0.1, 0.15) is 81.6 Å². The van der Waals surface area contributed by atoms with Gasteiger partial charge in [0.25, 0.3) is 0 Å². The average molecular weight is 503 g/mol. The van der Waals surface area contributed by atoms with Crippen LogP contribution in [-0.4, -0.2) is 17.9 Å². The number of rotatable bonds is 11. The topological polar surface area (TPSA) is 43.4 Å². The Kier molecular flexibility index (Phi) is 13.6. The molecular formula is C34H46O3. The third-order valence-corrected chi connectivity index (χ3v) is 6.40. The van der Waals surface area contributed by atoms with Gasteiger partial charge in [-0.05, 0) is 59.0 Å². The second-order valence-electron chi connectivity index (χ2n) is 10.6. The Balaban J connectivity index is 2.73. The van der Waals surface area contributed by atoms with Crippen LogP contribution in [0.5, 0.6) is 0 Å². The number of carbonyl (C=O) groups excluding carboxylic acids is 2. The van der Waals surface area contributed by atoms with Crippen LogP contribution >= 0.6 is 0 Å². The van der Waals surface area contributed by atoms with Crippen LogP contribution in [0.15, 0.2) is 106 Å². The number of hydrogen-bond acceptors (Lipinski definition) is 3. The van der Waals surface area contributed by atoms with Crippen LogP contribution in [-0.2, 0) is 14.3 Å². The summed E-state index contributed by atoms with van der Waals surface area (Å²) in [4.78, 5) is 24.3. The average Bonchev–Trinajstić information content (AvgIpc) is 2.78. The fraction of sp³-hybridized carbons (Fsp3) is 0.412. The zero-order chi connectivity index (χ0) is 28.0. The maximum absolute atomic E-state index is 12.9. The minimum atomic E-state index is -0.249. The quantitative estimate of drug-likeness (QED) is 0.122. The molecule has 0 heterocycles. The number of ketones is 1. The number of hydrogen-bond donors (Lipinski definition) is 0. The number of ether oxygens (including phenoxy) is 1. The van der Waals surface area contributed by atoms with Crippen molar-refractivity contribution in [1.82, 2.24) is 0 Å². The van der Waals surface area contributed by atoms with Crippen molar-refractivity contribution in [3.63, 3.8) is 0 Å². The Labute approximate surface area is 225 Å². The predicted octanol–water partition coefficient (Wildman–Crippen LogP) is 9.04. The zero-order valence-electron chi connectivity index (χ0n) is 24.4. The first-order valence-corrected chi connectivity index (χ1v) is 13.1. The minimum Gasteiger partial charge on any atom is -0.462 e. The fourth-order valence-electron chi connectivity index (χ4n) is 4.45. The zero-order valence-corrected chi connectivity index (χ0v) is 24.4. The molecule has 3 nitrogen and oxygen atoms in total. The number of Topliss-reactive ketones (excluding diaryl/α,β-unsaturated/α-hetero) is 1. The highest BCUT2D eigenvalue weighted by Gasteiger charge is 2.35. The molecular weight excluding hydrogens is 456 g/mol. The van der Waals surface area contributed by atoms with Crippen molar-refractivity contribution in [3.8, 4) is 0 Å². The molecule has 0 aromatic heterocycles. The van der Waals surface area contributed by atoms with Crippen molar-refractivity contribution in [3.05, 3.63) is 106 Å². The van der Waals surface area contributed by atoms with Crippen molar-refractivity contribution >= 4 is 11.8 Å². The second kappa shape index (κ2) is 15.8. The summed E-state index contributed by atoms with van der Waals surface area (Å²) in [7, 11) is 0. The summed E-state index contributed by atoms with van der Waals surface area (Å²) in [6.07, 6.45) is 26.1. The van der Waals surface area contributed by atoms with E-state index in [1.807, 2.05) is 63.3 Å². The van der Waals surface area contributed by atoms with Gasteiger partial charge in [-0.2, -0.15) is 0 Å². The van der Waals surface area contributed by atoms with E-state index in [-0.39, 0.29) is 23.3 Å². The molecule has 0 saturated carbocycles. The fourth-order valence-corrected chi connectivity index (χ4v) is 4.45. The van der Waals surface area contributed by atoms with Gasteiger partial charge in [0.15, 0.2) is 5.78 Å². The number of carbonyl (C=O) groups is 2. The van der Waals surface area contributed by atoms with Gasteiger partial charge >= 0.3 is 5.97 Å². The number of allylic oxidation sites excluding steroid dienone is 17. The van der Waals surface area contributed by atoms with E-state index in [0.29, 0.717) is 12.8 Å². The summed E-state index contributed by atoms with van der Waals surface area (Å²) in [5, 5.41) is 0. The second-order valence-corrected chi connectivity index (χ2v) is 10.6. The molecule has 0 N–H and O–H groups in total. The maximum atomic E-state index is 12.9. The summed E-state index contributed by atoms with van der Waals surface area (Å²) in [6, 6.07) is 0. The smallest absolute Gasteiger partial charge is 0.302 e. The molecule has 200 valence electrons. The molecule has 37 heavy (non-hydrogen) atoms. The highest BCUT2D eigenvalue weighted by atomic mass is 16.5. The molecule has 1 aliphatic carbocycles. The Hall–Kier alpha value is -3.20. The first kappa shape index (κ1) is 31.8. The molecule has 0 saturated heterocycles. The van der Waals surface area contributed by atoms with E-state index >= 15 is 0 Å². The third kappa shape index (κ3) is 12.5. The van der Waals surface area contributed by atoms with Crippen molar-refractivity contribution in [2.24, 2.45) is 5.41 Å². The Bertz CT molecular complexity index is 1090. The summed E-state index contributed by atoms with van der Waals surface area (Å²) in [6.45, 7) is 17.8. The van der Waals surface area contributed by atoms with Gasteiger partial charge in [0.2, 0.25) is 0 Å². The Morgan fingerprint density at radius 3 is 1.86 bits per heavy atom. The molecule has 0 fully saturated rings. The van der Waals surface area contributed by atoms with Crippen molar-refractivity contribution in [2.45, 2.75) is 87.7 Å². The Morgan fingerprint density at radius 1 is 0.838 bits per heavy atom.